The highest BCUT2D eigenvalue weighted by molar-refractivity contribution is 8.93. The molecule has 110 valence electrons. The number of Topliss-reactive ketones (excluding diaryl/α,β-unsaturated/α-hetero) is 1. The Bertz CT molecular complexity index is 687. The molecular formula is C13H12BrN3O3S. The van der Waals surface area contributed by atoms with Gasteiger partial charge in [0.25, 0.3) is 5.69 Å². The molecule has 0 bridgehead atoms. The quantitative estimate of drug-likeness (QED) is 0.465. The number of carbonyl (C=O) groups excluding carboxylic acids is 1. The van der Waals surface area contributed by atoms with Crippen molar-refractivity contribution in [3.8, 4) is 0 Å². The summed E-state index contributed by atoms with van der Waals surface area (Å²) in [6.07, 6.45) is 0. The maximum Gasteiger partial charge on any atom is 0.270 e. The number of thioether (sulfide) groups is 1. The number of halogens is 1. The van der Waals surface area contributed by atoms with Crippen LogP contribution in [0.25, 0.3) is 0 Å². The Morgan fingerprint density at radius 2 is 2.24 bits per heavy atom. The predicted molar refractivity (Wildman–Crippen MR) is 87.0 cm³/mol. The summed E-state index contributed by atoms with van der Waals surface area (Å²) < 4.78 is 0. The third-order valence-corrected chi connectivity index (χ3v) is 4.47. The van der Waals surface area contributed by atoms with E-state index in [0.29, 0.717) is 10.5 Å². The van der Waals surface area contributed by atoms with E-state index in [-0.39, 0.29) is 28.5 Å². The maximum atomic E-state index is 12.5. The second kappa shape index (κ2) is 5.98. The summed E-state index contributed by atoms with van der Waals surface area (Å²) in [6.45, 7) is 3.42. The van der Waals surface area contributed by atoms with Gasteiger partial charge >= 0.3 is 0 Å². The van der Waals surface area contributed by atoms with Crippen LogP contribution >= 0.6 is 28.7 Å². The molecule has 21 heavy (non-hydrogen) atoms. The topological polar surface area (TPSA) is 75.8 Å². The van der Waals surface area contributed by atoms with E-state index < -0.39 is 4.92 Å². The summed E-state index contributed by atoms with van der Waals surface area (Å²) >= 11 is 1.34. The lowest BCUT2D eigenvalue weighted by molar-refractivity contribution is -0.384. The van der Waals surface area contributed by atoms with Crippen molar-refractivity contribution >= 4 is 45.4 Å². The number of benzene rings is 1. The van der Waals surface area contributed by atoms with Gasteiger partial charge in [-0.05, 0) is 18.7 Å². The van der Waals surface area contributed by atoms with Crippen LogP contribution in [-0.2, 0) is 0 Å². The van der Waals surface area contributed by atoms with Gasteiger partial charge in [0.2, 0.25) is 5.78 Å². The van der Waals surface area contributed by atoms with Gasteiger partial charge < -0.3 is 4.90 Å². The monoisotopic (exact) mass is 369 g/mol. The third kappa shape index (κ3) is 2.73. The van der Waals surface area contributed by atoms with E-state index in [4.69, 9.17) is 0 Å². The Balaban J connectivity index is 0.00000161. The van der Waals surface area contributed by atoms with Crippen LogP contribution in [0.4, 0.5) is 5.69 Å². The Hall–Kier alpha value is -1.67. The van der Waals surface area contributed by atoms with Crippen molar-refractivity contribution in [3.05, 3.63) is 50.5 Å². The second-order valence-corrected chi connectivity index (χ2v) is 5.45. The number of nitrogens with zero attached hydrogens (tertiary/aromatic N) is 3. The molecule has 1 aromatic rings. The summed E-state index contributed by atoms with van der Waals surface area (Å²) in [5.41, 5.74) is 1.14. The van der Waals surface area contributed by atoms with Gasteiger partial charge in [-0.25, -0.2) is 0 Å². The van der Waals surface area contributed by atoms with Crippen molar-refractivity contribution in [2.75, 3.05) is 13.1 Å². The molecule has 0 fully saturated rings. The predicted octanol–water partition coefficient (Wildman–Crippen LogP) is 3.01. The van der Waals surface area contributed by atoms with E-state index in [1.807, 2.05) is 11.8 Å². The van der Waals surface area contributed by atoms with Gasteiger partial charge in [-0.1, -0.05) is 12.1 Å². The lowest BCUT2D eigenvalue weighted by Gasteiger charge is -2.11. The van der Waals surface area contributed by atoms with Crippen LogP contribution in [0, 0.1) is 10.1 Å². The third-order valence-electron chi connectivity index (χ3n) is 3.25. The molecule has 0 aliphatic carbocycles. The molecule has 6 nitrogen and oxygen atoms in total. The summed E-state index contributed by atoms with van der Waals surface area (Å²) in [5.74, 6) is -0.187. The standard InChI is InChI=1S/C13H11N3O3S.BrH/c1-8-12(20-13-14-5-6-15(8)13)11(17)9-3-2-4-10(7-9)16(18)19;/h2-4,7H,5-6H2,1H3;1H. The molecule has 0 N–H and O–H groups in total. The number of hydrogen-bond donors (Lipinski definition) is 0. The lowest BCUT2D eigenvalue weighted by Crippen LogP contribution is -2.19. The fourth-order valence-corrected chi connectivity index (χ4v) is 3.36. The van der Waals surface area contributed by atoms with Crippen LogP contribution in [0.5, 0.6) is 0 Å². The number of hydrogen-bond acceptors (Lipinski definition) is 6. The fourth-order valence-electron chi connectivity index (χ4n) is 2.22. The number of aliphatic imine (C=N–C) groups is 1. The average Bonchev–Trinajstić information content (AvgIpc) is 3.02. The number of nitro groups is 1. The van der Waals surface area contributed by atoms with Crippen molar-refractivity contribution in [1.29, 1.82) is 0 Å². The van der Waals surface area contributed by atoms with Gasteiger partial charge in [0, 0.05) is 29.9 Å². The van der Waals surface area contributed by atoms with Gasteiger partial charge in [-0.15, -0.1) is 17.0 Å². The zero-order chi connectivity index (χ0) is 14.3. The molecule has 0 amide bonds. The molecule has 0 saturated heterocycles. The number of fused-ring (bicyclic) bond motifs is 1. The van der Waals surface area contributed by atoms with Crippen LogP contribution < -0.4 is 0 Å². The fraction of sp³-hybridized carbons (Fsp3) is 0.231. The van der Waals surface area contributed by atoms with Gasteiger partial charge in [0.1, 0.15) is 0 Å². The molecule has 0 spiro atoms. The van der Waals surface area contributed by atoms with Crippen molar-refractivity contribution in [3.63, 3.8) is 0 Å². The van der Waals surface area contributed by atoms with Crippen LogP contribution in [0.15, 0.2) is 39.9 Å². The summed E-state index contributed by atoms with van der Waals surface area (Å²) in [6, 6.07) is 5.82. The normalized spacial score (nSPS) is 16.4. The molecular weight excluding hydrogens is 358 g/mol. The van der Waals surface area contributed by atoms with Crippen molar-refractivity contribution < 1.29 is 9.72 Å². The number of non-ortho nitro benzene ring substituents is 1. The first-order valence-corrected chi connectivity index (χ1v) is 6.89. The molecule has 0 unspecified atom stereocenters. The van der Waals surface area contributed by atoms with E-state index in [2.05, 4.69) is 4.99 Å². The molecule has 0 radical (unpaired) electrons. The number of amidine groups is 1. The Kier molecular flexibility index (Phi) is 4.48. The molecule has 2 aliphatic rings. The smallest absolute Gasteiger partial charge is 0.270 e. The first-order chi connectivity index (χ1) is 9.58. The number of rotatable bonds is 3. The Labute approximate surface area is 135 Å². The number of nitro benzene ring substituents is 1. The van der Waals surface area contributed by atoms with Crippen LogP contribution in [0.3, 0.4) is 0 Å². The first-order valence-electron chi connectivity index (χ1n) is 6.08. The van der Waals surface area contributed by atoms with Crippen molar-refractivity contribution in [2.45, 2.75) is 6.92 Å². The van der Waals surface area contributed by atoms with E-state index in [9.17, 15) is 14.9 Å². The van der Waals surface area contributed by atoms with E-state index >= 15 is 0 Å². The van der Waals surface area contributed by atoms with Gasteiger partial charge in [-0.3, -0.25) is 19.9 Å². The maximum absolute atomic E-state index is 12.5. The Morgan fingerprint density at radius 3 is 2.90 bits per heavy atom. The van der Waals surface area contributed by atoms with Crippen molar-refractivity contribution in [1.82, 2.24) is 4.90 Å². The van der Waals surface area contributed by atoms with Crippen LogP contribution in [-0.4, -0.2) is 33.9 Å². The van der Waals surface area contributed by atoms with Crippen LogP contribution in [0.2, 0.25) is 0 Å². The summed E-state index contributed by atoms with van der Waals surface area (Å²) in [5, 5.41) is 11.6. The van der Waals surface area contributed by atoms with Gasteiger partial charge in [0.15, 0.2) is 5.17 Å². The zero-order valence-corrected chi connectivity index (χ0v) is 13.6. The average molecular weight is 370 g/mol. The van der Waals surface area contributed by atoms with Gasteiger partial charge in [-0.2, -0.15) is 0 Å². The molecule has 2 heterocycles. The molecule has 3 rings (SSSR count). The minimum absolute atomic E-state index is 0. The molecule has 0 aromatic heterocycles. The lowest BCUT2D eigenvalue weighted by atomic mass is 10.1. The highest BCUT2D eigenvalue weighted by atomic mass is 79.9. The SMILES string of the molecule is Br.CC1=C(C(=O)c2cccc([N+](=O)[O-])c2)SC2=NCCN21. The highest BCUT2D eigenvalue weighted by Gasteiger charge is 2.33. The minimum atomic E-state index is -0.498. The summed E-state index contributed by atoms with van der Waals surface area (Å²) in [4.78, 5) is 29.7. The minimum Gasteiger partial charge on any atom is -0.322 e. The van der Waals surface area contributed by atoms with Crippen molar-refractivity contribution in [2.24, 2.45) is 4.99 Å². The van der Waals surface area contributed by atoms with E-state index in [0.717, 1.165) is 24.0 Å². The van der Waals surface area contributed by atoms with Crippen LogP contribution in [0.1, 0.15) is 17.3 Å². The largest absolute Gasteiger partial charge is 0.322 e. The summed E-state index contributed by atoms with van der Waals surface area (Å²) in [7, 11) is 0. The number of carbonyl (C=O) groups is 1. The molecule has 1 aromatic carbocycles. The molecule has 2 aliphatic heterocycles. The van der Waals surface area contributed by atoms with E-state index in [1.54, 1.807) is 6.07 Å². The first kappa shape index (κ1) is 15.7. The van der Waals surface area contributed by atoms with E-state index in [1.165, 1.54) is 30.0 Å². The molecule has 0 saturated carbocycles. The number of ketones is 1. The highest BCUT2D eigenvalue weighted by Crippen LogP contribution is 2.38. The zero-order valence-electron chi connectivity index (χ0n) is 11.1. The second-order valence-electron chi connectivity index (χ2n) is 4.47. The number of allylic oxidation sites excluding steroid dienone is 2. The molecule has 8 heteroatoms. The van der Waals surface area contributed by atoms with Gasteiger partial charge in [0.05, 0.1) is 16.4 Å². The Morgan fingerprint density at radius 1 is 1.48 bits per heavy atom. The molecule has 0 atom stereocenters.